The van der Waals surface area contributed by atoms with E-state index in [-0.39, 0.29) is 5.76 Å². The lowest BCUT2D eigenvalue weighted by molar-refractivity contribution is 0.437. The Morgan fingerprint density at radius 2 is 1.88 bits per heavy atom. The minimum Gasteiger partial charge on any atom is -0.508 e. The Morgan fingerprint density at radius 3 is 2.50 bits per heavy atom. The second-order valence-electron chi connectivity index (χ2n) is 3.80. The van der Waals surface area contributed by atoms with Gasteiger partial charge in [0, 0.05) is 0 Å². The first kappa shape index (κ1) is 12.3. The fraction of sp³-hybridized carbons (Fsp3) is 0.200. The van der Waals surface area contributed by atoms with Crippen molar-refractivity contribution in [1.29, 1.82) is 0 Å². The van der Waals surface area contributed by atoms with Gasteiger partial charge in [0.2, 0.25) is 0 Å². The van der Waals surface area contributed by atoms with E-state index in [4.69, 9.17) is 0 Å². The van der Waals surface area contributed by atoms with E-state index in [1.807, 2.05) is 31.2 Å². The second-order valence-corrected chi connectivity index (χ2v) is 3.80. The molecule has 0 aliphatic carbocycles. The van der Waals surface area contributed by atoms with Crippen LogP contribution in [0.15, 0.2) is 48.3 Å². The average Bonchev–Trinajstić information content (AvgIpc) is 2.24. The van der Waals surface area contributed by atoms with Crippen LogP contribution in [0.1, 0.15) is 23.6 Å². The molecule has 84 valence electrons. The molecule has 0 amide bonds. The highest BCUT2D eigenvalue weighted by Gasteiger charge is 1.94. The number of rotatable bonds is 3. The lowest BCUT2D eigenvalue weighted by atomic mass is 10.1. The zero-order valence-corrected chi connectivity index (χ0v) is 10.1. The van der Waals surface area contributed by atoms with Crippen molar-refractivity contribution in [2.45, 2.75) is 20.8 Å². The van der Waals surface area contributed by atoms with Gasteiger partial charge in [-0.05, 0) is 49.6 Å². The Bertz CT molecular complexity index is 437. The lowest BCUT2D eigenvalue weighted by Gasteiger charge is -2.01. The molecule has 1 nitrogen and oxygen atoms in total. The first-order valence-corrected chi connectivity index (χ1v) is 5.41. The number of hydrogen-bond acceptors (Lipinski definition) is 1. The Kier molecular flexibility index (Phi) is 4.59. The zero-order valence-electron chi connectivity index (χ0n) is 10.1. The van der Waals surface area contributed by atoms with Crippen LogP contribution in [0.5, 0.6) is 0 Å². The molecular weight excluding hydrogens is 196 g/mol. The summed E-state index contributed by atoms with van der Waals surface area (Å²) in [5.41, 5.74) is 3.52. The highest BCUT2D eigenvalue weighted by Crippen LogP contribution is 2.12. The molecule has 1 aromatic rings. The molecule has 0 spiro atoms. The molecule has 0 heterocycles. The van der Waals surface area contributed by atoms with Gasteiger partial charge < -0.3 is 5.11 Å². The van der Waals surface area contributed by atoms with Crippen molar-refractivity contribution in [3.05, 3.63) is 65.0 Å². The minimum absolute atomic E-state index is 0.265. The average molecular weight is 214 g/mol. The molecule has 16 heavy (non-hydrogen) atoms. The molecule has 0 aromatic heterocycles. The number of aryl methyl sites for hydroxylation is 2. The fourth-order valence-corrected chi connectivity index (χ4v) is 1.34. The van der Waals surface area contributed by atoms with Gasteiger partial charge in [-0.15, -0.1) is 0 Å². The Hall–Kier alpha value is -1.76. The van der Waals surface area contributed by atoms with Crippen LogP contribution in [0.3, 0.4) is 0 Å². The van der Waals surface area contributed by atoms with Crippen LogP contribution in [-0.2, 0) is 0 Å². The second kappa shape index (κ2) is 5.96. The fourth-order valence-electron chi connectivity index (χ4n) is 1.34. The van der Waals surface area contributed by atoms with Gasteiger partial charge in [0.15, 0.2) is 0 Å². The van der Waals surface area contributed by atoms with E-state index < -0.39 is 0 Å². The first-order valence-electron chi connectivity index (χ1n) is 5.41. The Balaban J connectivity index is 2.85. The Labute approximate surface area is 97.4 Å². The van der Waals surface area contributed by atoms with Crippen molar-refractivity contribution in [2.75, 3.05) is 0 Å². The molecule has 0 aliphatic rings. The summed E-state index contributed by atoms with van der Waals surface area (Å²) in [6.07, 6.45) is 9.04. The highest BCUT2D eigenvalue weighted by atomic mass is 16.3. The molecule has 1 aromatic carbocycles. The highest BCUT2D eigenvalue weighted by molar-refractivity contribution is 5.55. The topological polar surface area (TPSA) is 20.2 Å². The van der Waals surface area contributed by atoms with Gasteiger partial charge in [-0.1, -0.05) is 36.4 Å². The molecule has 1 heteroatoms. The number of allylic oxidation sites excluding steroid dienone is 4. The monoisotopic (exact) mass is 214 g/mol. The summed E-state index contributed by atoms with van der Waals surface area (Å²) in [5.74, 6) is 0.265. The number of aliphatic hydroxyl groups excluding tert-OH is 1. The molecule has 0 unspecified atom stereocenters. The van der Waals surface area contributed by atoms with Crippen molar-refractivity contribution in [2.24, 2.45) is 0 Å². The third-order valence-corrected chi connectivity index (χ3v) is 2.42. The number of benzene rings is 1. The smallest absolute Gasteiger partial charge is 0.116 e. The predicted molar refractivity (Wildman–Crippen MR) is 70.5 cm³/mol. The van der Waals surface area contributed by atoms with Gasteiger partial charge in [0.25, 0.3) is 0 Å². The standard InChI is InChI=1S/C15H18O/c1-4-5-6-7-15(16)11-14-9-8-12(2)13(3)10-14/h4-11,16H,1-3H3. The summed E-state index contributed by atoms with van der Waals surface area (Å²) in [6, 6.07) is 6.13. The zero-order chi connectivity index (χ0) is 12.0. The normalized spacial score (nSPS) is 12.8. The van der Waals surface area contributed by atoms with Crippen LogP contribution in [0.4, 0.5) is 0 Å². The van der Waals surface area contributed by atoms with E-state index in [2.05, 4.69) is 26.0 Å². The lowest BCUT2D eigenvalue weighted by Crippen LogP contribution is -1.83. The van der Waals surface area contributed by atoms with Gasteiger partial charge in [-0.25, -0.2) is 0 Å². The van der Waals surface area contributed by atoms with E-state index in [1.54, 1.807) is 12.2 Å². The third-order valence-electron chi connectivity index (χ3n) is 2.42. The molecule has 0 saturated carbocycles. The Morgan fingerprint density at radius 1 is 1.12 bits per heavy atom. The minimum atomic E-state index is 0.265. The van der Waals surface area contributed by atoms with E-state index in [0.29, 0.717) is 0 Å². The third kappa shape index (κ3) is 3.77. The van der Waals surface area contributed by atoms with Crippen LogP contribution in [0.25, 0.3) is 6.08 Å². The first-order chi connectivity index (χ1) is 7.63. The van der Waals surface area contributed by atoms with Crippen LogP contribution in [-0.4, -0.2) is 5.11 Å². The van der Waals surface area contributed by atoms with Crippen LogP contribution >= 0.6 is 0 Å². The van der Waals surface area contributed by atoms with Gasteiger partial charge in [0.05, 0.1) is 0 Å². The molecule has 0 bridgehead atoms. The maximum absolute atomic E-state index is 9.63. The van der Waals surface area contributed by atoms with Crippen LogP contribution in [0, 0.1) is 13.8 Å². The molecular formula is C15H18O. The largest absolute Gasteiger partial charge is 0.508 e. The van der Waals surface area contributed by atoms with Gasteiger partial charge in [-0.2, -0.15) is 0 Å². The van der Waals surface area contributed by atoms with E-state index in [1.165, 1.54) is 11.1 Å². The van der Waals surface area contributed by atoms with Crippen molar-refractivity contribution in [3.8, 4) is 0 Å². The molecule has 1 rings (SSSR count). The van der Waals surface area contributed by atoms with Gasteiger partial charge in [-0.3, -0.25) is 0 Å². The van der Waals surface area contributed by atoms with Crippen molar-refractivity contribution in [3.63, 3.8) is 0 Å². The molecule has 0 radical (unpaired) electrons. The van der Waals surface area contributed by atoms with E-state index >= 15 is 0 Å². The van der Waals surface area contributed by atoms with E-state index in [0.717, 1.165) is 5.56 Å². The molecule has 0 saturated heterocycles. The quantitative estimate of drug-likeness (QED) is 0.586. The van der Waals surface area contributed by atoms with Gasteiger partial charge in [0.1, 0.15) is 5.76 Å². The number of aliphatic hydroxyl groups is 1. The predicted octanol–water partition coefficient (Wildman–Crippen LogP) is 4.33. The maximum Gasteiger partial charge on any atom is 0.116 e. The van der Waals surface area contributed by atoms with E-state index in [9.17, 15) is 5.11 Å². The number of hydrogen-bond donors (Lipinski definition) is 1. The van der Waals surface area contributed by atoms with Gasteiger partial charge >= 0.3 is 0 Å². The van der Waals surface area contributed by atoms with Crippen molar-refractivity contribution < 1.29 is 5.11 Å². The summed E-state index contributed by atoms with van der Waals surface area (Å²) < 4.78 is 0. The SMILES string of the molecule is CC=CC=CC(O)=Cc1ccc(C)c(C)c1. The van der Waals surface area contributed by atoms with Crippen LogP contribution < -0.4 is 0 Å². The summed E-state index contributed by atoms with van der Waals surface area (Å²) in [6.45, 7) is 6.09. The summed E-state index contributed by atoms with van der Waals surface area (Å²) in [5, 5.41) is 9.63. The van der Waals surface area contributed by atoms with Crippen LogP contribution in [0.2, 0.25) is 0 Å². The molecule has 0 aliphatic heterocycles. The molecule has 0 atom stereocenters. The maximum atomic E-state index is 9.63. The summed E-state index contributed by atoms with van der Waals surface area (Å²) >= 11 is 0. The van der Waals surface area contributed by atoms with Crippen molar-refractivity contribution in [1.82, 2.24) is 0 Å². The summed E-state index contributed by atoms with van der Waals surface area (Å²) in [7, 11) is 0. The molecule has 1 N–H and O–H groups in total. The molecule has 0 fully saturated rings. The summed E-state index contributed by atoms with van der Waals surface area (Å²) in [4.78, 5) is 0. The van der Waals surface area contributed by atoms with Crippen molar-refractivity contribution >= 4 is 6.08 Å².